The number of pyridine rings is 1. The summed E-state index contributed by atoms with van der Waals surface area (Å²) in [6, 6.07) is 5.21. The number of hydrogen-bond donors (Lipinski definition) is 0. The molecule has 0 radical (unpaired) electrons. The average molecular weight is 284 g/mol. The van der Waals surface area contributed by atoms with Crippen LogP contribution in [0.15, 0.2) is 18.2 Å². The molecule has 18 heavy (non-hydrogen) atoms. The first-order chi connectivity index (χ1) is 8.51. The van der Waals surface area contributed by atoms with E-state index in [4.69, 9.17) is 23.2 Å². The van der Waals surface area contributed by atoms with E-state index in [9.17, 15) is 4.79 Å². The number of methoxy groups -OCH3 is 1. The summed E-state index contributed by atoms with van der Waals surface area (Å²) in [6.45, 7) is 1.86. The Morgan fingerprint density at radius 1 is 1.33 bits per heavy atom. The molecule has 0 aliphatic heterocycles. The van der Waals surface area contributed by atoms with Gasteiger partial charge in [0.05, 0.1) is 24.1 Å². The Bertz CT molecular complexity index is 621. The Hall–Kier alpha value is -1.32. The number of benzene rings is 1. The topological polar surface area (TPSA) is 39.2 Å². The van der Waals surface area contributed by atoms with Crippen molar-refractivity contribution in [2.45, 2.75) is 13.3 Å². The molecule has 2 rings (SSSR count). The van der Waals surface area contributed by atoms with E-state index in [0.29, 0.717) is 15.6 Å². The summed E-state index contributed by atoms with van der Waals surface area (Å²) >= 11 is 12.1. The van der Waals surface area contributed by atoms with Crippen LogP contribution in [0.5, 0.6) is 0 Å². The van der Waals surface area contributed by atoms with Gasteiger partial charge in [-0.1, -0.05) is 23.2 Å². The average Bonchev–Trinajstić information content (AvgIpc) is 2.26. The third-order valence-corrected chi connectivity index (χ3v) is 3.11. The summed E-state index contributed by atoms with van der Waals surface area (Å²) in [6.07, 6.45) is 0.164. The van der Waals surface area contributed by atoms with Gasteiger partial charge in [0, 0.05) is 16.1 Å². The van der Waals surface area contributed by atoms with Crippen LogP contribution in [0, 0.1) is 6.92 Å². The van der Waals surface area contributed by atoms with Gasteiger partial charge >= 0.3 is 5.97 Å². The third kappa shape index (κ3) is 2.57. The summed E-state index contributed by atoms with van der Waals surface area (Å²) in [5.41, 5.74) is 2.29. The second-order valence-corrected chi connectivity index (χ2v) is 4.80. The molecule has 5 heteroatoms. The number of carbonyl (C=O) groups is 1. The highest BCUT2D eigenvalue weighted by Gasteiger charge is 2.12. The van der Waals surface area contributed by atoms with Gasteiger partial charge in [-0.2, -0.15) is 0 Å². The van der Waals surface area contributed by atoms with Crippen molar-refractivity contribution in [2.75, 3.05) is 7.11 Å². The Kier molecular flexibility index (Phi) is 3.73. The molecule has 0 fully saturated rings. The van der Waals surface area contributed by atoms with Crippen molar-refractivity contribution in [3.63, 3.8) is 0 Å². The molecule has 0 bridgehead atoms. The largest absolute Gasteiger partial charge is 0.469 e. The number of nitrogens with zero attached hydrogens (tertiary/aromatic N) is 1. The molecule has 0 spiro atoms. The zero-order valence-corrected chi connectivity index (χ0v) is 11.5. The van der Waals surface area contributed by atoms with Gasteiger partial charge < -0.3 is 4.74 Å². The minimum absolute atomic E-state index is 0.164. The van der Waals surface area contributed by atoms with Crippen molar-refractivity contribution in [2.24, 2.45) is 0 Å². The molecule has 1 aromatic carbocycles. The number of aromatic nitrogens is 1. The normalized spacial score (nSPS) is 10.7. The first-order valence-electron chi connectivity index (χ1n) is 5.33. The monoisotopic (exact) mass is 283 g/mol. The van der Waals surface area contributed by atoms with Gasteiger partial charge in [-0.25, -0.2) is 0 Å². The predicted octanol–water partition coefficient (Wildman–Crippen LogP) is 3.57. The number of halogens is 2. The van der Waals surface area contributed by atoms with E-state index in [1.807, 2.05) is 13.0 Å². The summed E-state index contributed by atoms with van der Waals surface area (Å²) in [5.74, 6) is -0.312. The number of esters is 1. The van der Waals surface area contributed by atoms with Crippen LogP contribution < -0.4 is 0 Å². The van der Waals surface area contributed by atoms with E-state index in [0.717, 1.165) is 16.6 Å². The van der Waals surface area contributed by atoms with Gasteiger partial charge in [-0.15, -0.1) is 0 Å². The van der Waals surface area contributed by atoms with Crippen LogP contribution in [0.2, 0.25) is 10.0 Å². The fraction of sp³-hybridized carbons (Fsp3) is 0.231. The maximum absolute atomic E-state index is 11.4. The number of ether oxygens (including phenoxy) is 1. The second-order valence-electron chi connectivity index (χ2n) is 3.96. The van der Waals surface area contributed by atoms with Crippen molar-refractivity contribution in [3.8, 4) is 0 Å². The van der Waals surface area contributed by atoms with Crippen molar-refractivity contribution >= 4 is 40.1 Å². The first kappa shape index (κ1) is 13.1. The van der Waals surface area contributed by atoms with E-state index in [1.54, 1.807) is 12.1 Å². The summed E-state index contributed by atoms with van der Waals surface area (Å²) in [5, 5.41) is 1.76. The molecule has 3 nitrogen and oxygen atoms in total. The SMILES string of the molecule is COC(=O)Cc1cc(C)nc2cc(Cl)cc(Cl)c12. The maximum Gasteiger partial charge on any atom is 0.310 e. The van der Waals surface area contributed by atoms with E-state index in [2.05, 4.69) is 9.72 Å². The standard InChI is InChI=1S/C13H11Cl2NO2/c1-7-3-8(4-12(17)18-2)13-10(15)5-9(14)6-11(13)16-7/h3,5-6H,4H2,1-2H3. The maximum atomic E-state index is 11.4. The Balaban J connectivity index is 2.68. The highest BCUT2D eigenvalue weighted by molar-refractivity contribution is 6.38. The predicted molar refractivity (Wildman–Crippen MR) is 72.2 cm³/mol. The van der Waals surface area contributed by atoms with Crippen LogP contribution in [0.4, 0.5) is 0 Å². The highest BCUT2D eigenvalue weighted by Crippen LogP contribution is 2.30. The van der Waals surface area contributed by atoms with E-state index in [-0.39, 0.29) is 12.4 Å². The smallest absolute Gasteiger partial charge is 0.310 e. The zero-order valence-electron chi connectivity index (χ0n) is 9.96. The molecule has 2 aromatic rings. The van der Waals surface area contributed by atoms with Crippen molar-refractivity contribution in [1.29, 1.82) is 0 Å². The van der Waals surface area contributed by atoms with Gasteiger partial charge in [-0.3, -0.25) is 9.78 Å². The number of hydrogen-bond acceptors (Lipinski definition) is 3. The highest BCUT2D eigenvalue weighted by atomic mass is 35.5. The van der Waals surface area contributed by atoms with Gasteiger partial charge in [0.25, 0.3) is 0 Å². The molecule has 0 aliphatic carbocycles. The van der Waals surface area contributed by atoms with E-state index in [1.165, 1.54) is 7.11 Å². The molecule has 0 saturated heterocycles. The van der Waals surface area contributed by atoms with Gasteiger partial charge in [0.1, 0.15) is 0 Å². The first-order valence-corrected chi connectivity index (χ1v) is 6.09. The molecule has 0 aliphatic rings. The molecule has 0 unspecified atom stereocenters. The lowest BCUT2D eigenvalue weighted by Crippen LogP contribution is -2.06. The quantitative estimate of drug-likeness (QED) is 0.791. The molecule has 0 N–H and O–H groups in total. The molecular formula is C13H11Cl2NO2. The van der Waals surface area contributed by atoms with Crippen LogP contribution >= 0.6 is 23.2 Å². The molecule has 0 saturated carbocycles. The lowest BCUT2D eigenvalue weighted by molar-refractivity contribution is -0.139. The minimum Gasteiger partial charge on any atom is -0.469 e. The summed E-state index contributed by atoms with van der Waals surface area (Å²) in [4.78, 5) is 15.8. The Morgan fingerprint density at radius 2 is 2.06 bits per heavy atom. The molecule has 1 heterocycles. The summed E-state index contributed by atoms with van der Waals surface area (Å²) < 4.78 is 4.68. The van der Waals surface area contributed by atoms with Crippen molar-refractivity contribution < 1.29 is 9.53 Å². The summed E-state index contributed by atoms with van der Waals surface area (Å²) in [7, 11) is 1.36. The van der Waals surface area contributed by atoms with E-state index < -0.39 is 0 Å². The fourth-order valence-corrected chi connectivity index (χ4v) is 2.48. The molecular weight excluding hydrogens is 273 g/mol. The lowest BCUT2D eigenvalue weighted by Gasteiger charge is -2.09. The minimum atomic E-state index is -0.312. The fourth-order valence-electron chi connectivity index (χ4n) is 1.88. The van der Waals surface area contributed by atoms with Crippen molar-refractivity contribution in [3.05, 3.63) is 39.5 Å². The third-order valence-electron chi connectivity index (χ3n) is 2.60. The second kappa shape index (κ2) is 5.12. The van der Waals surface area contributed by atoms with E-state index >= 15 is 0 Å². The number of rotatable bonds is 2. The van der Waals surface area contributed by atoms with Crippen LogP contribution in [0.3, 0.4) is 0 Å². The van der Waals surface area contributed by atoms with Crippen molar-refractivity contribution in [1.82, 2.24) is 4.98 Å². The lowest BCUT2D eigenvalue weighted by atomic mass is 10.0. The molecule has 94 valence electrons. The molecule has 0 atom stereocenters. The number of aryl methyl sites for hydroxylation is 1. The van der Waals surface area contributed by atoms with Gasteiger partial charge in [0.15, 0.2) is 0 Å². The zero-order chi connectivity index (χ0) is 13.3. The van der Waals surface area contributed by atoms with Crippen LogP contribution in [-0.2, 0) is 16.0 Å². The number of fused-ring (bicyclic) bond motifs is 1. The Morgan fingerprint density at radius 3 is 2.72 bits per heavy atom. The van der Waals surface area contributed by atoms with Crippen LogP contribution in [-0.4, -0.2) is 18.1 Å². The van der Waals surface area contributed by atoms with Gasteiger partial charge in [-0.05, 0) is 30.7 Å². The molecule has 0 amide bonds. The van der Waals surface area contributed by atoms with Crippen LogP contribution in [0.1, 0.15) is 11.3 Å². The van der Waals surface area contributed by atoms with Gasteiger partial charge in [0.2, 0.25) is 0 Å². The number of carbonyl (C=O) groups excluding carboxylic acids is 1. The molecule has 1 aromatic heterocycles. The Labute approximate surface area is 115 Å². The van der Waals surface area contributed by atoms with Crippen LogP contribution in [0.25, 0.3) is 10.9 Å².